The van der Waals surface area contributed by atoms with Crippen LogP contribution >= 0.6 is 24.0 Å². The normalized spacial score (nSPS) is 15.2. The largest absolute Gasteiger partial charge is 0.496 e. The molecule has 1 saturated heterocycles. The maximum Gasteiger partial charge on any atom is 0.335 e. The van der Waals surface area contributed by atoms with Gasteiger partial charge in [0.15, 0.2) is 4.32 Å². The molecule has 3 rings (SSSR count). The number of carboxylic acids is 2. The molecule has 0 aromatic heterocycles. The second kappa shape index (κ2) is 7.83. The van der Waals surface area contributed by atoms with Crippen LogP contribution in [0.3, 0.4) is 0 Å². The predicted molar refractivity (Wildman–Crippen MR) is 109 cm³/mol. The van der Waals surface area contributed by atoms with Gasteiger partial charge in [0.25, 0.3) is 5.91 Å². The highest BCUT2D eigenvalue weighted by molar-refractivity contribution is 8.27. The Morgan fingerprint density at radius 1 is 1.11 bits per heavy atom. The van der Waals surface area contributed by atoms with Crippen LogP contribution in [0.15, 0.2) is 47.4 Å². The Labute approximate surface area is 169 Å². The van der Waals surface area contributed by atoms with E-state index in [0.717, 1.165) is 22.7 Å². The van der Waals surface area contributed by atoms with Crippen LogP contribution in [0.2, 0.25) is 0 Å². The van der Waals surface area contributed by atoms with Crippen LogP contribution in [0.4, 0.5) is 5.69 Å². The van der Waals surface area contributed by atoms with Gasteiger partial charge in [-0.2, -0.15) is 0 Å². The Balaban J connectivity index is 2.04. The summed E-state index contributed by atoms with van der Waals surface area (Å²) in [6, 6.07) is 10.6. The van der Waals surface area contributed by atoms with Crippen LogP contribution in [0.5, 0.6) is 5.75 Å². The Morgan fingerprint density at radius 2 is 1.71 bits per heavy atom. The third-order valence-corrected chi connectivity index (χ3v) is 5.19. The average molecular weight is 415 g/mol. The van der Waals surface area contributed by atoms with Gasteiger partial charge in [0.1, 0.15) is 5.75 Å². The van der Waals surface area contributed by atoms with Crippen LogP contribution in [-0.4, -0.2) is 39.5 Å². The lowest BCUT2D eigenvalue weighted by atomic mass is 10.1. The fourth-order valence-electron chi connectivity index (χ4n) is 2.60. The summed E-state index contributed by atoms with van der Waals surface area (Å²) in [6.45, 7) is 0. The molecule has 0 bridgehead atoms. The summed E-state index contributed by atoms with van der Waals surface area (Å²) < 4.78 is 5.44. The smallest absolute Gasteiger partial charge is 0.335 e. The lowest BCUT2D eigenvalue weighted by Crippen LogP contribution is -2.28. The van der Waals surface area contributed by atoms with Gasteiger partial charge in [-0.3, -0.25) is 9.69 Å². The molecule has 0 aliphatic carbocycles. The van der Waals surface area contributed by atoms with Crippen molar-refractivity contribution >= 4 is 57.9 Å². The number of anilines is 1. The SMILES string of the molecule is COc1ccccc1/C=C1\SC(=S)N(c2cc(C(=O)O)cc(C(=O)O)c2)C1=O. The minimum Gasteiger partial charge on any atom is -0.496 e. The number of carbonyl (C=O) groups excluding carboxylic acids is 1. The average Bonchev–Trinajstić information content (AvgIpc) is 2.95. The lowest BCUT2D eigenvalue weighted by molar-refractivity contribution is -0.113. The molecule has 0 unspecified atom stereocenters. The maximum atomic E-state index is 12.9. The van der Waals surface area contributed by atoms with E-state index in [0.29, 0.717) is 16.2 Å². The number of methoxy groups -OCH3 is 1. The first-order chi connectivity index (χ1) is 13.3. The summed E-state index contributed by atoms with van der Waals surface area (Å²) >= 11 is 6.31. The van der Waals surface area contributed by atoms with Crippen molar-refractivity contribution in [2.45, 2.75) is 0 Å². The number of carboxylic acid groups (broad SMARTS) is 2. The number of amides is 1. The van der Waals surface area contributed by atoms with Gasteiger partial charge < -0.3 is 14.9 Å². The highest BCUT2D eigenvalue weighted by atomic mass is 32.2. The number of rotatable bonds is 5. The lowest BCUT2D eigenvalue weighted by Gasteiger charge is -2.16. The Hall–Kier alpha value is -3.17. The van der Waals surface area contributed by atoms with Gasteiger partial charge in [-0.15, -0.1) is 0 Å². The number of hydrogen-bond donors (Lipinski definition) is 2. The minimum atomic E-state index is -1.31. The zero-order chi connectivity index (χ0) is 20.4. The number of benzene rings is 2. The molecule has 0 atom stereocenters. The number of para-hydroxylation sites is 1. The van der Waals surface area contributed by atoms with Crippen molar-refractivity contribution in [3.8, 4) is 5.75 Å². The van der Waals surface area contributed by atoms with Crippen molar-refractivity contribution in [1.82, 2.24) is 0 Å². The van der Waals surface area contributed by atoms with Gasteiger partial charge in [-0.25, -0.2) is 9.59 Å². The van der Waals surface area contributed by atoms with Gasteiger partial charge in [0, 0.05) is 5.56 Å². The zero-order valence-electron chi connectivity index (χ0n) is 14.4. The number of ether oxygens (including phenoxy) is 1. The molecule has 2 aromatic rings. The zero-order valence-corrected chi connectivity index (χ0v) is 16.0. The van der Waals surface area contributed by atoms with E-state index in [1.54, 1.807) is 30.3 Å². The van der Waals surface area contributed by atoms with Crippen molar-refractivity contribution in [3.63, 3.8) is 0 Å². The molecule has 2 aromatic carbocycles. The monoisotopic (exact) mass is 415 g/mol. The molecule has 28 heavy (non-hydrogen) atoms. The third-order valence-electron chi connectivity index (χ3n) is 3.89. The van der Waals surface area contributed by atoms with Crippen LogP contribution in [-0.2, 0) is 4.79 Å². The molecule has 1 amide bonds. The second-order valence-corrected chi connectivity index (χ2v) is 7.31. The maximum absolute atomic E-state index is 12.9. The number of hydrogen-bond acceptors (Lipinski definition) is 6. The number of thiocarbonyl (C=S) groups is 1. The molecule has 1 fully saturated rings. The third kappa shape index (κ3) is 3.75. The highest BCUT2D eigenvalue weighted by Crippen LogP contribution is 2.37. The van der Waals surface area contributed by atoms with E-state index in [4.69, 9.17) is 17.0 Å². The minimum absolute atomic E-state index is 0.0863. The second-order valence-electron chi connectivity index (χ2n) is 5.64. The van der Waals surface area contributed by atoms with E-state index >= 15 is 0 Å². The summed E-state index contributed by atoms with van der Waals surface area (Å²) in [4.78, 5) is 37.0. The van der Waals surface area contributed by atoms with Crippen molar-refractivity contribution in [1.29, 1.82) is 0 Å². The Morgan fingerprint density at radius 3 is 2.29 bits per heavy atom. The molecule has 7 nitrogen and oxygen atoms in total. The first-order valence-corrected chi connectivity index (χ1v) is 9.07. The molecular weight excluding hydrogens is 402 g/mol. The van der Waals surface area contributed by atoms with Gasteiger partial charge in [0.05, 0.1) is 28.8 Å². The van der Waals surface area contributed by atoms with Crippen molar-refractivity contribution in [3.05, 3.63) is 64.1 Å². The van der Waals surface area contributed by atoms with Crippen molar-refractivity contribution in [2.24, 2.45) is 0 Å². The van der Waals surface area contributed by atoms with Crippen LogP contribution in [0, 0.1) is 0 Å². The molecule has 1 aliphatic rings. The highest BCUT2D eigenvalue weighted by Gasteiger charge is 2.34. The molecule has 0 saturated carbocycles. The molecule has 142 valence electrons. The fourth-order valence-corrected chi connectivity index (χ4v) is 3.89. The topological polar surface area (TPSA) is 104 Å². The number of aromatic carboxylic acids is 2. The van der Waals surface area contributed by atoms with Gasteiger partial charge in [0.2, 0.25) is 0 Å². The molecule has 2 N–H and O–H groups in total. The summed E-state index contributed by atoms with van der Waals surface area (Å²) in [5.74, 6) is -2.51. The van der Waals surface area contributed by atoms with E-state index in [-0.39, 0.29) is 21.1 Å². The number of nitrogens with zero attached hydrogens (tertiary/aromatic N) is 1. The van der Waals surface area contributed by atoms with Crippen LogP contribution in [0.1, 0.15) is 26.3 Å². The van der Waals surface area contributed by atoms with Gasteiger partial charge >= 0.3 is 11.9 Å². The van der Waals surface area contributed by atoms with E-state index in [9.17, 15) is 24.6 Å². The van der Waals surface area contributed by atoms with Gasteiger partial charge in [-0.05, 0) is 30.3 Å². The number of thioether (sulfide) groups is 1. The van der Waals surface area contributed by atoms with Crippen LogP contribution in [0.25, 0.3) is 6.08 Å². The standard InChI is InChI=1S/C19H13NO6S2/c1-26-14-5-3-2-4-10(14)9-15-16(21)20(19(27)28-15)13-7-11(17(22)23)6-12(8-13)18(24)25/h2-9H,1H3,(H,22,23)(H,24,25)/b15-9-. The first kappa shape index (κ1) is 19.6. The summed E-state index contributed by atoms with van der Waals surface area (Å²) in [5.41, 5.74) is 0.259. The molecule has 0 radical (unpaired) electrons. The van der Waals surface area contributed by atoms with Crippen LogP contribution < -0.4 is 9.64 Å². The molecular formula is C19H13NO6S2. The van der Waals surface area contributed by atoms with E-state index in [2.05, 4.69) is 0 Å². The summed E-state index contributed by atoms with van der Waals surface area (Å²) in [5, 5.41) is 18.5. The van der Waals surface area contributed by atoms with Gasteiger partial charge in [-0.1, -0.05) is 42.2 Å². The molecule has 1 aliphatic heterocycles. The fraction of sp³-hybridized carbons (Fsp3) is 0.0526. The van der Waals surface area contributed by atoms with E-state index < -0.39 is 17.8 Å². The van der Waals surface area contributed by atoms with Crippen molar-refractivity contribution in [2.75, 3.05) is 12.0 Å². The summed E-state index contributed by atoms with van der Waals surface area (Å²) in [7, 11) is 1.52. The molecule has 1 heterocycles. The molecule has 9 heteroatoms. The first-order valence-electron chi connectivity index (χ1n) is 7.84. The number of carbonyl (C=O) groups is 3. The Kier molecular flexibility index (Phi) is 5.48. The van der Waals surface area contributed by atoms with E-state index in [1.807, 2.05) is 0 Å². The Bertz CT molecular complexity index is 1010. The summed E-state index contributed by atoms with van der Waals surface area (Å²) in [6.07, 6.45) is 1.62. The van der Waals surface area contributed by atoms with Crippen molar-refractivity contribution < 1.29 is 29.3 Å². The van der Waals surface area contributed by atoms with E-state index in [1.165, 1.54) is 19.2 Å². The predicted octanol–water partition coefficient (Wildman–Crippen LogP) is 3.50. The quantitative estimate of drug-likeness (QED) is 0.565. The molecule has 0 spiro atoms.